The molecule has 6 rings (SSSR count). The standard InChI is InChI=1S/C15H14.C13H9.C5H5.2ClH.Zr/c1-12-3-7-14(8-4-12)11-15-9-5-13(2)6-10-15;1-3-7-12-10(5-1)9-11-6-2-4-8-13(11)12;1-2-4-5-3-1;;;/h3-10H,1-2H3;1-9H;1-3H,4H2;2*1H;/q;;;;;+2/p-2. The largest absolute Gasteiger partial charge is 1.00 e. The number of allylic oxidation sites excluding steroid dienone is 4. The molecule has 0 fully saturated rings. The van der Waals surface area contributed by atoms with E-state index in [1.54, 1.807) is 6.49 Å². The summed E-state index contributed by atoms with van der Waals surface area (Å²) in [6.07, 6.45) is 8.17. The van der Waals surface area contributed by atoms with Gasteiger partial charge in [-0.15, -0.1) is 0 Å². The molecule has 0 atom stereocenters. The Balaban J connectivity index is 0.00000152. The summed E-state index contributed by atoms with van der Waals surface area (Å²) in [6, 6.07) is 36.9. The normalized spacial score (nSPS) is 13.0. The van der Waals surface area contributed by atoms with Crippen LogP contribution >= 0.6 is 0 Å². The van der Waals surface area contributed by atoms with E-state index < -0.39 is 21.3 Å². The van der Waals surface area contributed by atoms with Crippen LogP contribution in [-0.4, -0.2) is 3.21 Å². The van der Waals surface area contributed by atoms with E-state index in [-0.39, 0.29) is 24.8 Å². The molecule has 0 unspecified atom stereocenters. The average Bonchev–Trinajstić information content (AvgIpc) is 3.51. The van der Waals surface area contributed by atoms with Crippen molar-refractivity contribution in [1.29, 1.82) is 0 Å². The summed E-state index contributed by atoms with van der Waals surface area (Å²) in [5.41, 5.74) is 11.4. The number of aryl methyl sites for hydroxylation is 2. The molecule has 178 valence electrons. The first-order chi connectivity index (χ1) is 16.7. The van der Waals surface area contributed by atoms with Gasteiger partial charge in [0, 0.05) is 0 Å². The molecular formula is C33H28Cl2Zr. The van der Waals surface area contributed by atoms with Crippen LogP contribution in [0.2, 0.25) is 0 Å². The quantitative estimate of drug-likeness (QED) is 0.344. The number of fused-ring (bicyclic) bond motifs is 3. The molecule has 0 amide bonds. The van der Waals surface area contributed by atoms with Gasteiger partial charge in [-0.25, -0.2) is 0 Å². The van der Waals surface area contributed by atoms with Crippen molar-refractivity contribution in [3.8, 4) is 11.1 Å². The molecule has 0 bridgehead atoms. The zero-order chi connectivity index (χ0) is 23.1. The van der Waals surface area contributed by atoms with Gasteiger partial charge < -0.3 is 24.8 Å². The second kappa shape index (κ2) is 11.4. The van der Waals surface area contributed by atoms with Gasteiger partial charge in [0.25, 0.3) is 0 Å². The maximum absolute atomic E-state index is 2.51. The van der Waals surface area contributed by atoms with Gasteiger partial charge in [-0.2, -0.15) is 0 Å². The van der Waals surface area contributed by atoms with Gasteiger partial charge in [0.05, 0.1) is 0 Å². The molecule has 0 aliphatic heterocycles. The number of hydrogen-bond acceptors (Lipinski definition) is 0. The van der Waals surface area contributed by atoms with Crippen LogP contribution in [0.15, 0.2) is 119 Å². The molecule has 0 aromatic heterocycles. The molecule has 0 N–H and O–H groups in total. The van der Waals surface area contributed by atoms with Crippen LogP contribution in [0.25, 0.3) is 11.1 Å². The van der Waals surface area contributed by atoms with Gasteiger partial charge in [-0.1, -0.05) is 0 Å². The van der Waals surface area contributed by atoms with E-state index in [2.05, 4.69) is 129 Å². The Kier molecular flexibility index (Phi) is 8.46. The van der Waals surface area contributed by atoms with E-state index in [0.717, 1.165) is 6.42 Å². The van der Waals surface area contributed by atoms with Crippen LogP contribution in [0.5, 0.6) is 0 Å². The van der Waals surface area contributed by atoms with Crippen LogP contribution in [0.3, 0.4) is 0 Å². The second-order valence-corrected chi connectivity index (χ2v) is 15.7. The van der Waals surface area contributed by atoms with Gasteiger partial charge in [0.15, 0.2) is 0 Å². The van der Waals surface area contributed by atoms with E-state index in [0.29, 0.717) is 3.63 Å². The fourth-order valence-electron chi connectivity index (χ4n) is 5.52. The van der Waals surface area contributed by atoms with Crippen molar-refractivity contribution in [2.75, 3.05) is 0 Å². The van der Waals surface area contributed by atoms with E-state index >= 15 is 0 Å². The smallest absolute Gasteiger partial charge is 1.00 e. The van der Waals surface area contributed by atoms with E-state index in [1.807, 2.05) is 0 Å². The third-order valence-corrected chi connectivity index (χ3v) is 15.5. The van der Waals surface area contributed by atoms with Crippen molar-refractivity contribution in [1.82, 2.24) is 0 Å². The zero-order valence-electron chi connectivity index (χ0n) is 20.5. The topological polar surface area (TPSA) is 0 Å². The van der Waals surface area contributed by atoms with E-state index in [4.69, 9.17) is 0 Å². The molecule has 4 aromatic rings. The second-order valence-electron chi connectivity index (χ2n) is 9.45. The number of rotatable bonds is 4. The maximum atomic E-state index is 2.45. The number of benzene rings is 4. The SMILES string of the molecule is Cc1ccc([C](c2ccc(C)cc2)=[Zr+2]([C]2=CC=CC2)[CH]2c3ccccc3-c3ccccc32)cc1.[Cl-].[Cl-]. The Morgan fingerprint density at radius 3 is 1.56 bits per heavy atom. The molecular weight excluding hydrogens is 558 g/mol. The van der Waals surface area contributed by atoms with Crippen LogP contribution in [0.1, 0.15) is 43.4 Å². The zero-order valence-corrected chi connectivity index (χ0v) is 24.5. The minimum absolute atomic E-state index is 0. The predicted molar refractivity (Wildman–Crippen MR) is 141 cm³/mol. The Labute approximate surface area is 234 Å². The minimum atomic E-state index is -2.51. The van der Waals surface area contributed by atoms with Crippen LogP contribution in [0, 0.1) is 13.8 Å². The summed E-state index contributed by atoms with van der Waals surface area (Å²) < 4.78 is 3.79. The van der Waals surface area contributed by atoms with Gasteiger partial charge in [-0.05, 0) is 0 Å². The van der Waals surface area contributed by atoms with Crippen LogP contribution in [-0.2, 0) is 21.3 Å². The molecule has 0 nitrogen and oxygen atoms in total. The fourth-order valence-corrected chi connectivity index (χ4v) is 14.6. The third-order valence-electron chi connectivity index (χ3n) is 7.19. The average molecular weight is 587 g/mol. The first kappa shape index (κ1) is 26.7. The maximum Gasteiger partial charge on any atom is -1.00 e. The molecule has 0 spiro atoms. The van der Waals surface area contributed by atoms with Crippen LogP contribution < -0.4 is 24.8 Å². The van der Waals surface area contributed by atoms with Gasteiger partial charge in [0.2, 0.25) is 0 Å². The summed E-state index contributed by atoms with van der Waals surface area (Å²) in [5.74, 6) is 0. The van der Waals surface area contributed by atoms with Crippen molar-refractivity contribution in [2.24, 2.45) is 0 Å². The molecule has 2 aliphatic rings. The molecule has 2 aliphatic carbocycles. The fraction of sp³-hybridized carbons (Fsp3) is 0.121. The number of halogens is 2. The van der Waals surface area contributed by atoms with Gasteiger partial charge in [0.1, 0.15) is 0 Å². The molecule has 0 heterocycles. The van der Waals surface area contributed by atoms with E-state index in [9.17, 15) is 0 Å². The first-order valence-electron chi connectivity index (χ1n) is 12.1. The third kappa shape index (κ3) is 4.82. The molecule has 3 heteroatoms. The van der Waals surface area contributed by atoms with Crippen molar-refractivity contribution in [3.63, 3.8) is 0 Å². The Bertz CT molecular complexity index is 1380. The molecule has 4 aromatic carbocycles. The Morgan fingerprint density at radius 2 is 1.11 bits per heavy atom. The minimum Gasteiger partial charge on any atom is -1.00 e. The molecule has 0 saturated carbocycles. The van der Waals surface area contributed by atoms with Crippen molar-refractivity contribution >= 4 is 3.21 Å². The van der Waals surface area contributed by atoms with Gasteiger partial charge in [-0.3, -0.25) is 0 Å². The molecule has 0 radical (unpaired) electrons. The summed E-state index contributed by atoms with van der Waals surface area (Å²) >= 11 is -2.51. The summed E-state index contributed by atoms with van der Waals surface area (Å²) in [4.78, 5) is 0. The Hall–Kier alpha value is -2.31. The van der Waals surface area contributed by atoms with Crippen LogP contribution in [0.4, 0.5) is 0 Å². The Morgan fingerprint density at radius 1 is 0.639 bits per heavy atom. The van der Waals surface area contributed by atoms with E-state index in [1.165, 1.54) is 44.5 Å². The first-order valence-corrected chi connectivity index (χ1v) is 16.0. The van der Waals surface area contributed by atoms with Crippen molar-refractivity contribution in [2.45, 2.75) is 23.9 Å². The van der Waals surface area contributed by atoms with Crippen molar-refractivity contribution in [3.05, 3.63) is 152 Å². The monoisotopic (exact) mass is 584 g/mol. The summed E-state index contributed by atoms with van der Waals surface area (Å²) in [6.45, 7) is 4.36. The molecule has 0 saturated heterocycles. The summed E-state index contributed by atoms with van der Waals surface area (Å²) in [7, 11) is 0. The van der Waals surface area contributed by atoms with Gasteiger partial charge >= 0.3 is 211 Å². The summed E-state index contributed by atoms with van der Waals surface area (Å²) in [5, 5.41) is 0. The number of hydrogen-bond donors (Lipinski definition) is 0. The van der Waals surface area contributed by atoms with Crippen molar-refractivity contribution < 1.29 is 46.1 Å². The molecule has 36 heavy (non-hydrogen) atoms. The predicted octanol–water partition coefficient (Wildman–Crippen LogP) is 2.11.